The van der Waals surface area contributed by atoms with Gasteiger partial charge in [0.1, 0.15) is 5.82 Å². The van der Waals surface area contributed by atoms with Crippen molar-refractivity contribution in [1.29, 1.82) is 0 Å². The van der Waals surface area contributed by atoms with E-state index >= 15 is 0 Å². The molecule has 1 unspecified atom stereocenters. The van der Waals surface area contributed by atoms with Crippen LogP contribution < -0.4 is 10.6 Å². The molecule has 2 aromatic heterocycles. The number of alkyl halides is 3. The number of halogens is 4. The molecule has 5 rings (SSSR count). The molecule has 0 amide bonds. The van der Waals surface area contributed by atoms with E-state index < -0.39 is 18.5 Å². The summed E-state index contributed by atoms with van der Waals surface area (Å²) in [5.41, 5.74) is 2.29. The van der Waals surface area contributed by atoms with Crippen molar-refractivity contribution in [3.8, 4) is 0 Å². The Balaban J connectivity index is 1.64. The van der Waals surface area contributed by atoms with Crippen LogP contribution in [0.25, 0.3) is 22.0 Å². The lowest BCUT2D eigenvalue weighted by atomic mass is 9.88. The van der Waals surface area contributed by atoms with E-state index in [1.165, 1.54) is 6.07 Å². The van der Waals surface area contributed by atoms with Crippen LogP contribution in [0.2, 0.25) is 0 Å². The highest BCUT2D eigenvalue weighted by atomic mass is 19.4. The number of aromatic amines is 1. The lowest BCUT2D eigenvalue weighted by Gasteiger charge is -2.24. The normalized spacial score (nSPS) is 17.2. The molecule has 5 nitrogen and oxygen atoms in total. The van der Waals surface area contributed by atoms with Crippen molar-refractivity contribution in [3.63, 3.8) is 0 Å². The van der Waals surface area contributed by atoms with Crippen LogP contribution in [0.1, 0.15) is 36.0 Å². The van der Waals surface area contributed by atoms with Crippen LogP contribution in [0, 0.1) is 5.95 Å². The molecule has 0 aliphatic carbocycles. The Morgan fingerprint density at radius 2 is 1.81 bits per heavy atom. The van der Waals surface area contributed by atoms with Gasteiger partial charge in [-0.3, -0.25) is 5.10 Å². The number of hydrogen-bond acceptors (Lipinski definition) is 4. The average molecular weight is 496 g/mol. The summed E-state index contributed by atoms with van der Waals surface area (Å²) < 4.78 is 55.8. The maximum atomic E-state index is 14.3. The predicted molar refractivity (Wildman–Crippen MR) is 133 cm³/mol. The van der Waals surface area contributed by atoms with Crippen molar-refractivity contribution in [3.05, 3.63) is 89.5 Å². The number of benzene rings is 2. The van der Waals surface area contributed by atoms with Crippen LogP contribution in [0.3, 0.4) is 0 Å². The van der Waals surface area contributed by atoms with Gasteiger partial charge in [0.15, 0.2) is 0 Å². The molecule has 4 aromatic rings. The van der Waals surface area contributed by atoms with Crippen LogP contribution in [0.15, 0.2) is 66.9 Å². The van der Waals surface area contributed by atoms with E-state index in [2.05, 4.69) is 25.8 Å². The third-order valence-corrected chi connectivity index (χ3v) is 6.31. The molecule has 0 saturated carbocycles. The van der Waals surface area contributed by atoms with E-state index in [9.17, 15) is 17.6 Å². The Labute approximate surface area is 205 Å². The van der Waals surface area contributed by atoms with Gasteiger partial charge in [-0.25, -0.2) is 4.98 Å². The molecule has 1 aliphatic rings. The summed E-state index contributed by atoms with van der Waals surface area (Å²) in [6, 6.07) is 17.1. The van der Waals surface area contributed by atoms with Crippen LogP contribution in [-0.2, 0) is 0 Å². The maximum absolute atomic E-state index is 14.3. The molecular weight excluding hydrogens is 470 g/mol. The molecule has 0 radical (unpaired) electrons. The Hall–Kier alpha value is -3.72. The summed E-state index contributed by atoms with van der Waals surface area (Å²) in [7, 11) is 0. The smallest absolute Gasteiger partial charge is 0.366 e. The van der Waals surface area contributed by atoms with Crippen LogP contribution >= 0.6 is 0 Å². The molecule has 0 bridgehead atoms. The second-order valence-electron chi connectivity index (χ2n) is 8.91. The van der Waals surface area contributed by atoms with E-state index in [4.69, 9.17) is 0 Å². The fraction of sp³-hybridized carbons (Fsp3) is 0.259. The molecule has 9 heteroatoms. The molecular formula is C27H25F4N5. The lowest BCUT2D eigenvalue weighted by Crippen LogP contribution is -2.38. The minimum atomic E-state index is -4.45. The molecule has 3 heterocycles. The minimum Gasteiger partial charge on any atom is -0.366 e. The number of aromatic nitrogens is 3. The van der Waals surface area contributed by atoms with Crippen molar-refractivity contribution in [2.45, 2.75) is 31.5 Å². The summed E-state index contributed by atoms with van der Waals surface area (Å²) in [5, 5.41) is 13.1. The van der Waals surface area contributed by atoms with Gasteiger partial charge in [-0.15, -0.1) is 5.10 Å². The summed E-state index contributed by atoms with van der Waals surface area (Å²) in [6.45, 7) is 1.82. The first-order chi connectivity index (χ1) is 17.4. The maximum Gasteiger partial charge on any atom is 0.393 e. The number of piperidine rings is 1. The number of fused-ring (bicyclic) bond motifs is 1. The largest absolute Gasteiger partial charge is 0.393 e. The van der Waals surface area contributed by atoms with Gasteiger partial charge < -0.3 is 10.6 Å². The number of pyridine rings is 1. The van der Waals surface area contributed by atoms with Crippen LogP contribution in [0.5, 0.6) is 0 Å². The lowest BCUT2D eigenvalue weighted by molar-refractivity contribution is -0.122. The molecule has 1 aliphatic heterocycles. The van der Waals surface area contributed by atoms with Crippen molar-refractivity contribution in [2.24, 2.45) is 0 Å². The average Bonchev–Trinajstić information content (AvgIpc) is 3.25. The van der Waals surface area contributed by atoms with Crippen molar-refractivity contribution in [1.82, 2.24) is 20.5 Å². The fourth-order valence-corrected chi connectivity index (χ4v) is 4.64. The first-order valence-electron chi connectivity index (χ1n) is 11.8. The third-order valence-electron chi connectivity index (χ3n) is 6.31. The summed E-state index contributed by atoms with van der Waals surface area (Å²) in [4.78, 5) is 4.51. The topological polar surface area (TPSA) is 65.6 Å². The van der Waals surface area contributed by atoms with Gasteiger partial charge in [0.05, 0.1) is 17.3 Å². The Morgan fingerprint density at radius 3 is 2.50 bits per heavy atom. The molecule has 2 aromatic carbocycles. The van der Waals surface area contributed by atoms with Crippen molar-refractivity contribution >= 4 is 27.9 Å². The first-order valence-corrected chi connectivity index (χ1v) is 11.8. The SMILES string of the molecule is Fc1n[nH]c2ccc(/C(=C(\CC(F)(F)F)c3ccccc3)c3ccc(NC4CCCNC4)nc3)cc12. The van der Waals surface area contributed by atoms with Gasteiger partial charge in [0.2, 0.25) is 5.95 Å². The van der Waals surface area contributed by atoms with Crippen LogP contribution in [-0.4, -0.2) is 40.5 Å². The molecule has 1 atom stereocenters. The standard InChI is InChI=1S/C27H25F4N5/c28-26-21-13-18(8-10-23(21)35-36-26)25(22(14-27(29,30)31)17-5-2-1-3-6-17)19-9-11-24(33-15-19)34-20-7-4-12-32-16-20/h1-3,5-6,8-11,13,15,20,32H,4,7,12,14,16H2,(H,33,34)(H,35,36)/b25-22-. The molecule has 0 spiro atoms. The number of nitrogens with one attached hydrogen (secondary N) is 3. The zero-order chi connectivity index (χ0) is 25.1. The van der Waals surface area contributed by atoms with Gasteiger partial charge in [-0.1, -0.05) is 36.4 Å². The number of allylic oxidation sites excluding steroid dienone is 1. The highest BCUT2D eigenvalue weighted by molar-refractivity contribution is 6.00. The fourth-order valence-electron chi connectivity index (χ4n) is 4.64. The second kappa shape index (κ2) is 10.1. The van der Waals surface area contributed by atoms with Crippen molar-refractivity contribution < 1.29 is 17.6 Å². The highest BCUT2D eigenvalue weighted by Gasteiger charge is 2.31. The summed E-state index contributed by atoms with van der Waals surface area (Å²) >= 11 is 0. The summed E-state index contributed by atoms with van der Waals surface area (Å²) in [5.74, 6) is -0.0535. The van der Waals surface area contributed by atoms with Gasteiger partial charge in [-0.2, -0.15) is 17.6 Å². The zero-order valence-electron chi connectivity index (χ0n) is 19.4. The number of rotatable bonds is 6. The third kappa shape index (κ3) is 5.41. The van der Waals surface area contributed by atoms with Gasteiger partial charge >= 0.3 is 6.18 Å². The quantitative estimate of drug-likeness (QED) is 0.221. The van der Waals surface area contributed by atoms with E-state index in [1.807, 2.05) is 0 Å². The molecule has 186 valence electrons. The summed E-state index contributed by atoms with van der Waals surface area (Å²) in [6.07, 6.45) is -1.95. The van der Waals surface area contributed by atoms with E-state index in [1.54, 1.807) is 60.8 Å². The van der Waals surface area contributed by atoms with Gasteiger partial charge in [0.25, 0.3) is 0 Å². The Morgan fingerprint density at radius 1 is 1.00 bits per heavy atom. The molecule has 36 heavy (non-hydrogen) atoms. The number of hydrogen-bond donors (Lipinski definition) is 3. The second-order valence-corrected chi connectivity index (χ2v) is 8.91. The Kier molecular flexibility index (Phi) is 6.73. The van der Waals surface area contributed by atoms with Crippen LogP contribution in [0.4, 0.5) is 23.4 Å². The number of H-pyrrole nitrogens is 1. The molecule has 1 saturated heterocycles. The monoisotopic (exact) mass is 495 g/mol. The number of anilines is 1. The van der Waals surface area contributed by atoms with Gasteiger partial charge in [0, 0.05) is 24.3 Å². The van der Waals surface area contributed by atoms with E-state index in [-0.39, 0.29) is 17.0 Å². The number of nitrogens with zero attached hydrogens (tertiary/aromatic N) is 2. The Bertz CT molecular complexity index is 1350. The minimum absolute atomic E-state index is 0.0883. The predicted octanol–water partition coefficient (Wildman–Crippen LogP) is 6.17. The molecule has 1 fully saturated rings. The highest BCUT2D eigenvalue weighted by Crippen LogP contribution is 2.40. The van der Waals surface area contributed by atoms with E-state index in [0.717, 1.165) is 25.9 Å². The van der Waals surface area contributed by atoms with Gasteiger partial charge in [-0.05, 0) is 65.9 Å². The first kappa shape index (κ1) is 24.0. The van der Waals surface area contributed by atoms with Crippen molar-refractivity contribution in [2.75, 3.05) is 18.4 Å². The van der Waals surface area contributed by atoms with E-state index in [0.29, 0.717) is 33.6 Å². The zero-order valence-corrected chi connectivity index (χ0v) is 19.4. The molecule has 3 N–H and O–H groups in total.